The molecule has 0 fully saturated rings. The molecule has 1 N–H and O–H groups in total. The average molecular weight is 237 g/mol. The summed E-state index contributed by atoms with van der Waals surface area (Å²) in [6.45, 7) is 8.72. The second kappa shape index (κ2) is 6.97. The third kappa shape index (κ3) is 4.58. The number of nitrogens with one attached hydrogen (secondary N) is 1. The molecule has 0 spiro atoms. The number of aryl methyl sites for hydroxylation is 2. The summed E-state index contributed by atoms with van der Waals surface area (Å²) < 4.78 is 0. The molecule has 16 heavy (non-hydrogen) atoms. The Labute approximate surface area is 104 Å². The Morgan fingerprint density at radius 3 is 2.62 bits per heavy atom. The third-order valence-electron chi connectivity index (χ3n) is 2.84. The molecule has 1 nitrogen and oxygen atoms in total. The summed E-state index contributed by atoms with van der Waals surface area (Å²) >= 11 is 1.92. The summed E-state index contributed by atoms with van der Waals surface area (Å²) in [7, 11) is 0. The van der Waals surface area contributed by atoms with Gasteiger partial charge in [-0.15, -0.1) is 0 Å². The van der Waals surface area contributed by atoms with Crippen LogP contribution >= 0.6 is 11.8 Å². The molecule has 0 aliphatic rings. The molecule has 0 saturated carbocycles. The molecule has 90 valence electrons. The highest BCUT2D eigenvalue weighted by molar-refractivity contribution is 7.98. The Hall–Kier alpha value is -0.470. The molecular formula is C14H23NS. The standard InChI is InChI=1S/C14H23NS/c1-11(10-16-4)8-15-9-14-6-5-12(2)13(3)7-14/h5-7,11,15H,8-10H2,1-4H3. The van der Waals surface area contributed by atoms with Crippen molar-refractivity contribution in [2.75, 3.05) is 18.6 Å². The van der Waals surface area contributed by atoms with Gasteiger partial charge >= 0.3 is 0 Å². The molecule has 0 aromatic heterocycles. The van der Waals surface area contributed by atoms with Gasteiger partial charge in [-0.3, -0.25) is 0 Å². The Morgan fingerprint density at radius 1 is 1.25 bits per heavy atom. The number of rotatable bonds is 6. The second-order valence-electron chi connectivity index (χ2n) is 4.61. The van der Waals surface area contributed by atoms with Crippen LogP contribution in [-0.4, -0.2) is 18.6 Å². The van der Waals surface area contributed by atoms with Gasteiger partial charge < -0.3 is 5.32 Å². The first-order valence-corrected chi connectivity index (χ1v) is 7.28. The first-order valence-electron chi connectivity index (χ1n) is 5.89. The van der Waals surface area contributed by atoms with E-state index in [-0.39, 0.29) is 0 Å². The van der Waals surface area contributed by atoms with Crippen LogP contribution in [0.25, 0.3) is 0 Å². The zero-order chi connectivity index (χ0) is 12.0. The molecule has 1 atom stereocenters. The number of benzene rings is 1. The molecule has 1 aromatic carbocycles. The summed E-state index contributed by atoms with van der Waals surface area (Å²) in [6.07, 6.45) is 2.17. The van der Waals surface area contributed by atoms with Crippen LogP contribution in [0.15, 0.2) is 18.2 Å². The summed E-state index contributed by atoms with van der Waals surface area (Å²) in [6, 6.07) is 6.70. The van der Waals surface area contributed by atoms with Gasteiger partial charge in [0.1, 0.15) is 0 Å². The molecule has 0 radical (unpaired) electrons. The largest absolute Gasteiger partial charge is 0.312 e. The SMILES string of the molecule is CSCC(C)CNCc1ccc(C)c(C)c1. The van der Waals surface area contributed by atoms with Crippen molar-refractivity contribution < 1.29 is 0 Å². The highest BCUT2D eigenvalue weighted by Crippen LogP contribution is 2.10. The molecule has 1 unspecified atom stereocenters. The normalized spacial score (nSPS) is 12.8. The summed E-state index contributed by atoms with van der Waals surface area (Å²) in [4.78, 5) is 0. The van der Waals surface area contributed by atoms with Crippen LogP contribution in [0.1, 0.15) is 23.6 Å². The summed E-state index contributed by atoms with van der Waals surface area (Å²) in [5.74, 6) is 1.99. The summed E-state index contributed by atoms with van der Waals surface area (Å²) in [5.41, 5.74) is 4.15. The molecule has 2 heteroatoms. The van der Waals surface area contributed by atoms with E-state index >= 15 is 0 Å². The molecule has 0 saturated heterocycles. The molecule has 0 amide bonds. The topological polar surface area (TPSA) is 12.0 Å². The van der Waals surface area contributed by atoms with E-state index in [1.165, 1.54) is 22.4 Å². The van der Waals surface area contributed by atoms with Crippen molar-refractivity contribution >= 4 is 11.8 Å². The lowest BCUT2D eigenvalue weighted by Gasteiger charge is -2.11. The van der Waals surface area contributed by atoms with Gasteiger partial charge in [0, 0.05) is 6.54 Å². The fraction of sp³-hybridized carbons (Fsp3) is 0.571. The number of hydrogen-bond acceptors (Lipinski definition) is 2. The number of hydrogen-bond donors (Lipinski definition) is 1. The molecule has 0 aliphatic heterocycles. The highest BCUT2D eigenvalue weighted by Gasteiger charge is 2.01. The predicted molar refractivity (Wildman–Crippen MR) is 75.2 cm³/mol. The van der Waals surface area contributed by atoms with E-state index in [9.17, 15) is 0 Å². The average Bonchev–Trinajstić information content (AvgIpc) is 2.24. The molecule has 0 heterocycles. The van der Waals surface area contributed by atoms with Gasteiger partial charge in [-0.25, -0.2) is 0 Å². The first-order chi connectivity index (χ1) is 7.63. The van der Waals surface area contributed by atoms with E-state index in [1.54, 1.807) is 0 Å². The van der Waals surface area contributed by atoms with Crippen molar-refractivity contribution in [1.29, 1.82) is 0 Å². The lowest BCUT2D eigenvalue weighted by molar-refractivity contribution is 0.559. The van der Waals surface area contributed by atoms with Crippen molar-refractivity contribution in [1.82, 2.24) is 5.32 Å². The van der Waals surface area contributed by atoms with Gasteiger partial charge in [0.15, 0.2) is 0 Å². The van der Waals surface area contributed by atoms with Crippen LogP contribution in [-0.2, 0) is 6.54 Å². The number of thioether (sulfide) groups is 1. The van der Waals surface area contributed by atoms with Crippen LogP contribution in [0.2, 0.25) is 0 Å². The highest BCUT2D eigenvalue weighted by atomic mass is 32.2. The van der Waals surface area contributed by atoms with Gasteiger partial charge in [-0.05, 0) is 55.0 Å². The molecule has 1 rings (SSSR count). The Morgan fingerprint density at radius 2 is 2.00 bits per heavy atom. The Bertz CT molecular complexity index is 323. The minimum atomic E-state index is 0.751. The fourth-order valence-electron chi connectivity index (χ4n) is 1.72. The lowest BCUT2D eigenvalue weighted by atomic mass is 10.1. The van der Waals surface area contributed by atoms with Crippen molar-refractivity contribution in [2.24, 2.45) is 5.92 Å². The maximum absolute atomic E-state index is 3.52. The van der Waals surface area contributed by atoms with Crippen molar-refractivity contribution in [3.63, 3.8) is 0 Å². The van der Waals surface area contributed by atoms with Gasteiger partial charge in [0.05, 0.1) is 0 Å². The second-order valence-corrected chi connectivity index (χ2v) is 5.52. The molecular weight excluding hydrogens is 214 g/mol. The van der Waals surface area contributed by atoms with Crippen LogP contribution in [0.3, 0.4) is 0 Å². The quantitative estimate of drug-likeness (QED) is 0.814. The van der Waals surface area contributed by atoms with E-state index in [0.29, 0.717) is 0 Å². The Balaban J connectivity index is 2.34. The predicted octanol–water partition coefficient (Wildman–Crippen LogP) is 3.39. The molecule has 0 aliphatic carbocycles. The van der Waals surface area contributed by atoms with E-state index in [4.69, 9.17) is 0 Å². The van der Waals surface area contributed by atoms with E-state index < -0.39 is 0 Å². The monoisotopic (exact) mass is 237 g/mol. The zero-order valence-electron chi connectivity index (χ0n) is 10.8. The minimum Gasteiger partial charge on any atom is -0.312 e. The maximum atomic E-state index is 3.52. The van der Waals surface area contributed by atoms with Crippen LogP contribution in [0.4, 0.5) is 0 Å². The van der Waals surface area contributed by atoms with E-state index in [1.807, 2.05) is 11.8 Å². The van der Waals surface area contributed by atoms with Crippen molar-refractivity contribution in [2.45, 2.75) is 27.3 Å². The van der Waals surface area contributed by atoms with E-state index in [0.717, 1.165) is 19.0 Å². The zero-order valence-corrected chi connectivity index (χ0v) is 11.7. The maximum Gasteiger partial charge on any atom is 0.0205 e. The minimum absolute atomic E-state index is 0.751. The van der Waals surface area contributed by atoms with E-state index in [2.05, 4.69) is 50.5 Å². The van der Waals surface area contributed by atoms with Gasteiger partial charge in [0.2, 0.25) is 0 Å². The fourth-order valence-corrected chi connectivity index (χ4v) is 2.41. The van der Waals surface area contributed by atoms with Crippen LogP contribution < -0.4 is 5.32 Å². The van der Waals surface area contributed by atoms with Gasteiger partial charge in [-0.2, -0.15) is 11.8 Å². The van der Waals surface area contributed by atoms with Crippen molar-refractivity contribution in [3.05, 3.63) is 34.9 Å². The van der Waals surface area contributed by atoms with Crippen molar-refractivity contribution in [3.8, 4) is 0 Å². The Kier molecular flexibility index (Phi) is 5.93. The van der Waals surface area contributed by atoms with Gasteiger partial charge in [0.25, 0.3) is 0 Å². The third-order valence-corrected chi connectivity index (χ3v) is 3.75. The van der Waals surface area contributed by atoms with Gasteiger partial charge in [-0.1, -0.05) is 25.1 Å². The molecule has 0 bridgehead atoms. The lowest BCUT2D eigenvalue weighted by Crippen LogP contribution is -2.22. The van der Waals surface area contributed by atoms with Crippen LogP contribution in [0.5, 0.6) is 0 Å². The first kappa shape index (κ1) is 13.6. The van der Waals surface area contributed by atoms with Crippen LogP contribution in [0, 0.1) is 19.8 Å². The smallest absolute Gasteiger partial charge is 0.0205 e. The summed E-state index contributed by atoms with van der Waals surface area (Å²) in [5, 5.41) is 3.52. The molecule has 1 aromatic rings.